The number of carbonyl (C=O) groups is 1. The van der Waals surface area contributed by atoms with E-state index in [-0.39, 0.29) is 0 Å². The van der Waals surface area contributed by atoms with Gasteiger partial charge in [0.1, 0.15) is 0 Å². The summed E-state index contributed by atoms with van der Waals surface area (Å²) < 4.78 is 0. The maximum Gasteiger partial charge on any atom is 0.335 e. The summed E-state index contributed by atoms with van der Waals surface area (Å²) in [6.45, 7) is 6.21. The van der Waals surface area contributed by atoms with E-state index in [1.165, 1.54) is 5.56 Å². The van der Waals surface area contributed by atoms with E-state index in [4.69, 9.17) is 0 Å². The molecule has 0 heterocycles. The van der Waals surface area contributed by atoms with Crippen LogP contribution < -0.4 is 0 Å². The number of carboxylic acid groups (broad SMARTS) is 1. The van der Waals surface area contributed by atoms with Crippen LogP contribution in [0.1, 0.15) is 35.3 Å². The summed E-state index contributed by atoms with van der Waals surface area (Å²) in [5.41, 5.74) is 4.48. The Hall–Kier alpha value is -2.09. The van der Waals surface area contributed by atoms with Crippen molar-refractivity contribution >= 4 is 5.97 Å². The molecule has 1 N–H and O–H groups in total. The van der Waals surface area contributed by atoms with E-state index in [2.05, 4.69) is 26.0 Å². The lowest BCUT2D eigenvalue weighted by atomic mass is 9.96. The first-order valence-corrected chi connectivity index (χ1v) is 6.90. The second-order valence-corrected chi connectivity index (χ2v) is 5.63. The molecule has 0 aliphatic heterocycles. The van der Waals surface area contributed by atoms with Gasteiger partial charge in [-0.05, 0) is 47.6 Å². The van der Waals surface area contributed by atoms with Crippen LogP contribution in [0.15, 0.2) is 42.5 Å². The maximum atomic E-state index is 11.2. The first-order chi connectivity index (χ1) is 9.47. The number of aromatic carboxylic acids is 1. The minimum atomic E-state index is -0.873. The number of hydrogen-bond acceptors (Lipinski definition) is 1. The molecule has 2 nitrogen and oxygen atoms in total. The zero-order valence-corrected chi connectivity index (χ0v) is 12.2. The van der Waals surface area contributed by atoms with E-state index >= 15 is 0 Å². The SMILES string of the molecule is Cc1ccc(-c2cccc(CC(C)C)c2)cc1C(=O)O. The fourth-order valence-electron chi connectivity index (χ4n) is 2.38. The Kier molecular flexibility index (Phi) is 4.23. The van der Waals surface area contributed by atoms with Crippen LogP contribution in [0.4, 0.5) is 0 Å². The van der Waals surface area contributed by atoms with Crippen LogP contribution in [-0.2, 0) is 6.42 Å². The summed E-state index contributed by atoms with van der Waals surface area (Å²) in [4.78, 5) is 11.2. The summed E-state index contributed by atoms with van der Waals surface area (Å²) in [7, 11) is 0. The van der Waals surface area contributed by atoms with E-state index in [9.17, 15) is 9.90 Å². The first-order valence-electron chi connectivity index (χ1n) is 6.90. The summed E-state index contributed by atoms with van der Waals surface area (Å²) in [5, 5.41) is 9.21. The van der Waals surface area contributed by atoms with Crippen LogP contribution in [0, 0.1) is 12.8 Å². The van der Waals surface area contributed by atoms with Gasteiger partial charge in [-0.15, -0.1) is 0 Å². The van der Waals surface area contributed by atoms with Gasteiger partial charge in [0.25, 0.3) is 0 Å². The van der Waals surface area contributed by atoms with E-state index in [0.29, 0.717) is 11.5 Å². The van der Waals surface area contributed by atoms with Crippen LogP contribution in [0.3, 0.4) is 0 Å². The highest BCUT2D eigenvalue weighted by molar-refractivity contribution is 5.91. The molecule has 0 atom stereocenters. The number of benzene rings is 2. The summed E-state index contributed by atoms with van der Waals surface area (Å²) in [5.74, 6) is -0.263. The Labute approximate surface area is 120 Å². The van der Waals surface area contributed by atoms with Gasteiger partial charge in [0, 0.05) is 0 Å². The Morgan fingerprint density at radius 2 is 1.80 bits per heavy atom. The van der Waals surface area contributed by atoms with Gasteiger partial charge in [0.2, 0.25) is 0 Å². The van der Waals surface area contributed by atoms with Gasteiger partial charge in [-0.1, -0.05) is 50.2 Å². The van der Waals surface area contributed by atoms with Gasteiger partial charge >= 0.3 is 5.97 Å². The molecule has 2 rings (SSSR count). The molecule has 0 saturated heterocycles. The number of hydrogen-bond donors (Lipinski definition) is 1. The van der Waals surface area contributed by atoms with Crippen LogP contribution in [0.2, 0.25) is 0 Å². The zero-order valence-electron chi connectivity index (χ0n) is 12.2. The molecule has 0 spiro atoms. The lowest BCUT2D eigenvalue weighted by Gasteiger charge is -2.09. The predicted octanol–water partition coefficient (Wildman–Crippen LogP) is 4.56. The molecule has 104 valence electrons. The number of rotatable bonds is 4. The maximum absolute atomic E-state index is 11.2. The summed E-state index contributed by atoms with van der Waals surface area (Å²) >= 11 is 0. The van der Waals surface area contributed by atoms with Crippen molar-refractivity contribution in [1.82, 2.24) is 0 Å². The molecule has 0 aliphatic carbocycles. The van der Waals surface area contributed by atoms with Crippen LogP contribution in [-0.4, -0.2) is 11.1 Å². The fourth-order valence-corrected chi connectivity index (χ4v) is 2.38. The molecule has 0 saturated carbocycles. The predicted molar refractivity (Wildman–Crippen MR) is 82.1 cm³/mol. The zero-order chi connectivity index (χ0) is 14.7. The topological polar surface area (TPSA) is 37.3 Å². The molecule has 0 bridgehead atoms. The Morgan fingerprint density at radius 3 is 2.45 bits per heavy atom. The van der Waals surface area contributed by atoms with Crippen molar-refractivity contribution in [3.63, 3.8) is 0 Å². The molecule has 0 unspecified atom stereocenters. The molecule has 2 aromatic rings. The first kappa shape index (κ1) is 14.3. The molecular weight excluding hydrogens is 248 g/mol. The van der Waals surface area contributed by atoms with Crippen LogP contribution >= 0.6 is 0 Å². The lowest BCUT2D eigenvalue weighted by molar-refractivity contribution is 0.0696. The van der Waals surface area contributed by atoms with Crippen LogP contribution in [0.25, 0.3) is 11.1 Å². The Bertz CT molecular complexity index is 627. The monoisotopic (exact) mass is 268 g/mol. The third-order valence-corrected chi connectivity index (χ3v) is 3.37. The lowest BCUT2D eigenvalue weighted by Crippen LogP contribution is -2.00. The fraction of sp³-hybridized carbons (Fsp3) is 0.278. The Morgan fingerprint density at radius 1 is 1.10 bits per heavy atom. The molecule has 0 aromatic heterocycles. The molecular formula is C18H20O2. The highest BCUT2D eigenvalue weighted by Gasteiger charge is 2.09. The summed E-state index contributed by atoms with van der Waals surface area (Å²) in [6, 6.07) is 13.9. The van der Waals surface area contributed by atoms with Crippen LogP contribution in [0.5, 0.6) is 0 Å². The van der Waals surface area contributed by atoms with Crippen molar-refractivity contribution in [2.24, 2.45) is 5.92 Å². The molecule has 0 amide bonds. The van der Waals surface area contributed by atoms with Crippen molar-refractivity contribution in [1.29, 1.82) is 0 Å². The van der Waals surface area contributed by atoms with Gasteiger partial charge in [-0.3, -0.25) is 0 Å². The number of carboxylic acids is 1. The smallest absolute Gasteiger partial charge is 0.335 e. The van der Waals surface area contributed by atoms with Crippen molar-refractivity contribution in [3.8, 4) is 11.1 Å². The quantitative estimate of drug-likeness (QED) is 0.882. The van der Waals surface area contributed by atoms with Crippen molar-refractivity contribution in [3.05, 3.63) is 59.2 Å². The minimum Gasteiger partial charge on any atom is -0.478 e. The number of aryl methyl sites for hydroxylation is 1. The molecule has 0 fully saturated rings. The third-order valence-electron chi connectivity index (χ3n) is 3.37. The second-order valence-electron chi connectivity index (χ2n) is 5.63. The van der Waals surface area contributed by atoms with E-state index in [1.807, 2.05) is 31.2 Å². The standard InChI is InChI=1S/C18H20O2/c1-12(2)9-14-5-4-6-15(10-14)16-8-7-13(3)17(11-16)18(19)20/h4-8,10-12H,9H2,1-3H3,(H,19,20). The average Bonchev–Trinajstić information content (AvgIpc) is 2.38. The average molecular weight is 268 g/mol. The summed E-state index contributed by atoms with van der Waals surface area (Å²) in [6.07, 6.45) is 1.03. The van der Waals surface area contributed by atoms with Gasteiger partial charge in [-0.2, -0.15) is 0 Å². The third kappa shape index (κ3) is 3.27. The molecule has 2 aromatic carbocycles. The normalized spacial score (nSPS) is 10.8. The van der Waals surface area contributed by atoms with Gasteiger partial charge in [-0.25, -0.2) is 4.79 Å². The molecule has 0 aliphatic rings. The van der Waals surface area contributed by atoms with E-state index < -0.39 is 5.97 Å². The van der Waals surface area contributed by atoms with Crippen molar-refractivity contribution in [2.75, 3.05) is 0 Å². The van der Waals surface area contributed by atoms with E-state index in [0.717, 1.165) is 23.1 Å². The largest absolute Gasteiger partial charge is 0.478 e. The van der Waals surface area contributed by atoms with Crippen molar-refractivity contribution < 1.29 is 9.90 Å². The molecule has 0 radical (unpaired) electrons. The highest BCUT2D eigenvalue weighted by atomic mass is 16.4. The molecule has 20 heavy (non-hydrogen) atoms. The van der Waals surface area contributed by atoms with Gasteiger partial charge < -0.3 is 5.11 Å². The van der Waals surface area contributed by atoms with E-state index in [1.54, 1.807) is 6.07 Å². The minimum absolute atomic E-state index is 0.372. The van der Waals surface area contributed by atoms with Crippen molar-refractivity contribution in [2.45, 2.75) is 27.2 Å². The van der Waals surface area contributed by atoms with Gasteiger partial charge in [0.15, 0.2) is 0 Å². The Balaban J connectivity index is 2.41. The second kappa shape index (κ2) is 5.91. The molecule has 2 heteroatoms. The van der Waals surface area contributed by atoms with Gasteiger partial charge in [0.05, 0.1) is 5.56 Å². The highest BCUT2D eigenvalue weighted by Crippen LogP contribution is 2.24.